The summed E-state index contributed by atoms with van der Waals surface area (Å²) in [7, 11) is 0. The van der Waals surface area contributed by atoms with Gasteiger partial charge in [-0.05, 0) is 23.6 Å². The fraction of sp³-hybridized carbons (Fsp3) is 0.429. The lowest BCUT2D eigenvalue weighted by Gasteiger charge is -2.12. The zero-order valence-electron chi connectivity index (χ0n) is 11.0. The predicted molar refractivity (Wildman–Crippen MR) is 69.4 cm³/mol. The summed E-state index contributed by atoms with van der Waals surface area (Å²) < 4.78 is 5.48. The first-order valence-corrected chi connectivity index (χ1v) is 6.07. The van der Waals surface area contributed by atoms with E-state index >= 15 is 0 Å². The summed E-state index contributed by atoms with van der Waals surface area (Å²) in [5.41, 5.74) is 0.465. The summed E-state index contributed by atoms with van der Waals surface area (Å²) in [4.78, 5) is 21.7. The van der Waals surface area contributed by atoms with Crippen LogP contribution in [0.4, 0.5) is 0 Å². The fourth-order valence-electron chi connectivity index (χ4n) is 1.58. The molecule has 1 aromatic carbocycles. The van der Waals surface area contributed by atoms with Crippen molar-refractivity contribution in [2.75, 3.05) is 6.61 Å². The van der Waals surface area contributed by atoms with Crippen molar-refractivity contribution >= 4 is 11.9 Å². The second-order valence-electron chi connectivity index (χ2n) is 4.76. The van der Waals surface area contributed by atoms with Crippen LogP contribution in [0.1, 0.15) is 31.7 Å². The highest BCUT2D eigenvalue weighted by atomic mass is 16.5. The highest BCUT2D eigenvalue weighted by Gasteiger charge is 2.22. The molecule has 0 radical (unpaired) electrons. The Kier molecular flexibility index (Phi) is 5.36. The van der Waals surface area contributed by atoms with E-state index < -0.39 is 24.3 Å². The van der Waals surface area contributed by atoms with Crippen LogP contribution in [0.5, 0.6) is 5.75 Å². The quantitative estimate of drug-likeness (QED) is 0.791. The highest BCUT2D eigenvalue weighted by Crippen LogP contribution is 2.23. The molecule has 0 aromatic heterocycles. The van der Waals surface area contributed by atoms with E-state index in [-0.39, 0.29) is 0 Å². The molecule has 0 unspecified atom stereocenters. The lowest BCUT2D eigenvalue weighted by atomic mass is 9.96. The van der Waals surface area contributed by atoms with Crippen molar-refractivity contribution in [1.82, 2.24) is 0 Å². The van der Waals surface area contributed by atoms with Crippen LogP contribution in [0.25, 0.3) is 0 Å². The smallest absolute Gasteiger partial charge is 0.311 e. The molecular weight excluding hydrogens is 248 g/mol. The zero-order chi connectivity index (χ0) is 14.4. The van der Waals surface area contributed by atoms with Crippen molar-refractivity contribution in [3.8, 4) is 5.75 Å². The van der Waals surface area contributed by atoms with Gasteiger partial charge in [0.05, 0.1) is 18.9 Å². The average Bonchev–Trinajstić information content (AvgIpc) is 2.33. The maximum atomic E-state index is 11.0. The van der Waals surface area contributed by atoms with E-state index in [1.54, 1.807) is 24.3 Å². The standard InChI is InChI=1S/C14H18O5/c1-9(2)8-19-11-5-3-10(4-6-11)12(14(17)18)7-13(15)16/h3-6,9,12H,7-8H2,1-2H3,(H,15,16)(H,17,18)/t12-/m1/s1. The Morgan fingerprint density at radius 2 is 1.74 bits per heavy atom. The number of hydrogen-bond donors (Lipinski definition) is 2. The summed E-state index contributed by atoms with van der Waals surface area (Å²) in [6.07, 6.45) is -0.429. The van der Waals surface area contributed by atoms with E-state index in [1.807, 2.05) is 13.8 Å². The number of carbonyl (C=O) groups is 2. The second-order valence-corrected chi connectivity index (χ2v) is 4.76. The van der Waals surface area contributed by atoms with Crippen LogP contribution in [0.3, 0.4) is 0 Å². The van der Waals surface area contributed by atoms with Crippen LogP contribution in [0.2, 0.25) is 0 Å². The number of benzene rings is 1. The molecule has 0 bridgehead atoms. The molecule has 0 aliphatic heterocycles. The van der Waals surface area contributed by atoms with E-state index in [4.69, 9.17) is 14.9 Å². The SMILES string of the molecule is CC(C)COc1ccc([C@@H](CC(=O)O)C(=O)O)cc1. The van der Waals surface area contributed by atoms with E-state index in [1.165, 1.54) is 0 Å². The summed E-state index contributed by atoms with van der Waals surface area (Å²) in [6, 6.07) is 6.51. The normalized spacial score (nSPS) is 12.2. The number of carboxylic acids is 2. The molecule has 1 rings (SSSR count). The van der Waals surface area contributed by atoms with Crippen molar-refractivity contribution < 1.29 is 24.5 Å². The number of hydrogen-bond acceptors (Lipinski definition) is 3. The Hall–Kier alpha value is -2.04. The van der Waals surface area contributed by atoms with Crippen LogP contribution in [-0.4, -0.2) is 28.8 Å². The molecule has 0 fully saturated rings. The van der Waals surface area contributed by atoms with Gasteiger partial charge >= 0.3 is 11.9 Å². The third-order valence-electron chi connectivity index (χ3n) is 2.54. The van der Waals surface area contributed by atoms with Gasteiger partial charge in [0, 0.05) is 0 Å². The third kappa shape index (κ3) is 4.99. The monoisotopic (exact) mass is 266 g/mol. The molecule has 5 heteroatoms. The lowest BCUT2D eigenvalue weighted by Crippen LogP contribution is -2.15. The summed E-state index contributed by atoms with van der Waals surface area (Å²) >= 11 is 0. The molecule has 0 saturated heterocycles. The number of aliphatic carboxylic acids is 2. The van der Waals surface area contributed by atoms with Gasteiger partial charge in [0.15, 0.2) is 0 Å². The van der Waals surface area contributed by atoms with Crippen molar-refractivity contribution in [2.24, 2.45) is 5.92 Å². The van der Waals surface area contributed by atoms with Crippen molar-refractivity contribution in [3.63, 3.8) is 0 Å². The second kappa shape index (κ2) is 6.78. The largest absolute Gasteiger partial charge is 0.493 e. The fourth-order valence-corrected chi connectivity index (χ4v) is 1.58. The minimum absolute atomic E-state index is 0.401. The molecule has 1 aromatic rings. The van der Waals surface area contributed by atoms with Crippen LogP contribution in [0.15, 0.2) is 24.3 Å². The average molecular weight is 266 g/mol. The molecule has 2 N–H and O–H groups in total. The van der Waals surface area contributed by atoms with E-state index in [9.17, 15) is 9.59 Å². The van der Waals surface area contributed by atoms with Crippen molar-refractivity contribution in [3.05, 3.63) is 29.8 Å². The lowest BCUT2D eigenvalue weighted by molar-refractivity contribution is -0.145. The molecule has 0 heterocycles. The number of carboxylic acid groups (broad SMARTS) is 2. The summed E-state index contributed by atoms with van der Waals surface area (Å²) in [5, 5.41) is 17.7. The van der Waals surface area contributed by atoms with Crippen LogP contribution < -0.4 is 4.74 Å². The maximum absolute atomic E-state index is 11.0. The van der Waals surface area contributed by atoms with Gasteiger partial charge in [-0.2, -0.15) is 0 Å². The molecule has 5 nitrogen and oxygen atoms in total. The van der Waals surface area contributed by atoms with Crippen molar-refractivity contribution in [1.29, 1.82) is 0 Å². The topological polar surface area (TPSA) is 83.8 Å². The Balaban J connectivity index is 2.77. The predicted octanol–water partition coefficient (Wildman–Crippen LogP) is 2.36. The van der Waals surface area contributed by atoms with E-state index in [0.717, 1.165) is 0 Å². The highest BCUT2D eigenvalue weighted by molar-refractivity contribution is 5.82. The molecular formula is C14H18O5. The van der Waals surface area contributed by atoms with Crippen LogP contribution >= 0.6 is 0 Å². The molecule has 104 valence electrons. The summed E-state index contributed by atoms with van der Waals surface area (Å²) in [5.74, 6) is -2.25. The van der Waals surface area contributed by atoms with Crippen LogP contribution in [-0.2, 0) is 9.59 Å². The van der Waals surface area contributed by atoms with E-state index in [0.29, 0.717) is 23.8 Å². The van der Waals surface area contributed by atoms with Crippen molar-refractivity contribution in [2.45, 2.75) is 26.2 Å². The van der Waals surface area contributed by atoms with Gasteiger partial charge in [0.1, 0.15) is 5.75 Å². The first kappa shape index (κ1) is 15.0. The minimum Gasteiger partial charge on any atom is -0.493 e. The molecule has 0 saturated carbocycles. The molecule has 0 spiro atoms. The van der Waals surface area contributed by atoms with Gasteiger partial charge in [-0.1, -0.05) is 26.0 Å². The molecule has 0 aliphatic rings. The van der Waals surface area contributed by atoms with E-state index in [2.05, 4.69) is 0 Å². The zero-order valence-corrected chi connectivity index (χ0v) is 11.0. The molecule has 19 heavy (non-hydrogen) atoms. The Morgan fingerprint density at radius 3 is 2.16 bits per heavy atom. The minimum atomic E-state index is -1.14. The maximum Gasteiger partial charge on any atom is 0.311 e. The van der Waals surface area contributed by atoms with Gasteiger partial charge in [-0.15, -0.1) is 0 Å². The van der Waals surface area contributed by atoms with Gasteiger partial charge in [0.25, 0.3) is 0 Å². The molecule has 1 atom stereocenters. The first-order valence-electron chi connectivity index (χ1n) is 6.07. The van der Waals surface area contributed by atoms with Gasteiger partial charge in [0.2, 0.25) is 0 Å². The Labute approximate surface area is 111 Å². The Bertz CT molecular complexity index is 436. The first-order chi connectivity index (χ1) is 8.90. The van der Waals surface area contributed by atoms with Gasteiger partial charge in [-0.3, -0.25) is 9.59 Å². The Morgan fingerprint density at radius 1 is 1.16 bits per heavy atom. The summed E-state index contributed by atoms with van der Waals surface area (Å²) in [6.45, 7) is 4.64. The number of ether oxygens (including phenoxy) is 1. The third-order valence-corrected chi connectivity index (χ3v) is 2.54. The molecule has 0 aliphatic carbocycles. The molecule has 0 amide bonds. The van der Waals surface area contributed by atoms with Gasteiger partial charge in [-0.25, -0.2) is 0 Å². The van der Waals surface area contributed by atoms with Crippen LogP contribution in [0, 0.1) is 5.92 Å². The van der Waals surface area contributed by atoms with Gasteiger partial charge < -0.3 is 14.9 Å². The number of rotatable bonds is 7.